The Balaban J connectivity index is 0. The smallest absolute Gasteiger partial charge is 0.748 e. The first kappa shape index (κ1) is 33.0. The fourth-order valence-electron chi connectivity index (χ4n) is 3.81. The summed E-state index contributed by atoms with van der Waals surface area (Å²) in [7, 11) is -4.09. The molecule has 6 heteroatoms. The Morgan fingerprint density at radius 1 is 0.633 bits per heavy atom. The van der Waals surface area contributed by atoms with Gasteiger partial charge < -0.3 is 9.66 Å². The van der Waals surface area contributed by atoms with Crippen LogP contribution < -0.4 is 29.6 Å². The van der Waals surface area contributed by atoms with Crippen LogP contribution in [0.15, 0.2) is 0 Å². The van der Waals surface area contributed by atoms with Gasteiger partial charge in [-0.05, 0) is 26.2 Å². The van der Waals surface area contributed by atoms with Crippen molar-refractivity contribution in [3.63, 3.8) is 0 Å². The van der Waals surface area contributed by atoms with Crippen molar-refractivity contribution >= 4 is 10.1 Å². The van der Waals surface area contributed by atoms with Crippen LogP contribution in [0, 0.1) is 0 Å². The van der Waals surface area contributed by atoms with Crippen molar-refractivity contribution in [3.8, 4) is 0 Å². The van der Waals surface area contributed by atoms with E-state index >= 15 is 0 Å². The van der Waals surface area contributed by atoms with E-state index < -0.39 is 15.4 Å². The van der Waals surface area contributed by atoms with Crippen LogP contribution in [-0.4, -0.2) is 29.4 Å². The summed E-state index contributed by atoms with van der Waals surface area (Å²) in [5.74, 6) is 0. The zero-order chi connectivity index (χ0) is 21.8. The largest absolute Gasteiger partial charge is 1.00 e. The molecule has 0 bridgehead atoms. The maximum atomic E-state index is 10.8. The molecule has 0 aliphatic carbocycles. The first-order valence-corrected chi connectivity index (χ1v) is 14.0. The second-order valence-electron chi connectivity index (χ2n) is 8.95. The average Bonchev–Trinajstić information content (AvgIpc) is 2.68. The molecule has 0 aromatic heterocycles. The molecule has 2 atom stereocenters. The fraction of sp³-hybridized carbons (Fsp3) is 1.00. The second kappa shape index (κ2) is 23.0. The number of unbranched alkanes of at least 4 members (excludes halogenated alkanes) is 16. The SMILES string of the molecule is CCC(O)CCCCCCCCCCCCCCCCCCCC(C)S(=O)(=O)[O-].[Na+]. The Morgan fingerprint density at radius 2 is 0.900 bits per heavy atom. The number of rotatable bonds is 22. The van der Waals surface area contributed by atoms with Crippen molar-refractivity contribution < 1.29 is 47.6 Å². The van der Waals surface area contributed by atoms with Gasteiger partial charge in [-0.3, -0.25) is 0 Å². The predicted octanol–water partition coefficient (Wildman–Crippen LogP) is 4.11. The molecule has 0 aliphatic rings. The summed E-state index contributed by atoms with van der Waals surface area (Å²) in [5, 5.41) is 8.78. The Hall–Kier alpha value is 0.870. The number of hydrogen-bond donors (Lipinski definition) is 1. The molecule has 0 amide bonds. The Bertz CT molecular complexity index is 442. The van der Waals surface area contributed by atoms with Gasteiger partial charge in [0.05, 0.1) is 16.2 Å². The molecular formula is C24H49NaO4S. The molecule has 1 N–H and O–H groups in total. The minimum Gasteiger partial charge on any atom is -0.748 e. The van der Waals surface area contributed by atoms with E-state index in [4.69, 9.17) is 0 Å². The molecule has 0 heterocycles. The third-order valence-electron chi connectivity index (χ3n) is 6.11. The van der Waals surface area contributed by atoms with Gasteiger partial charge in [0.25, 0.3) is 0 Å². The molecule has 0 radical (unpaired) electrons. The predicted molar refractivity (Wildman–Crippen MR) is 123 cm³/mol. The minimum absolute atomic E-state index is 0. The van der Waals surface area contributed by atoms with E-state index in [0.29, 0.717) is 6.42 Å². The Labute approximate surface area is 210 Å². The molecule has 0 aliphatic heterocycles. The van der Waals surface area contributed by atoms with Crippen LogP contribution in [-0.2, 0) is 10.1 Å². The molecule has 0 rings (SSSR count). The van der Waals surface area contributed by atoms with Crippen molar-refractivity contribution in [2.75, 3.05) is 0 Å². The number of hydrogen-bond acceptors (Lipinski definition) is 4. The van der Waals surface area contributed by atoms with Gasteiger partial charge in [-0.25, -0.2) is 8.42 Å². The first-order chi connectivity index (χ1) is 13.9. The second-order valence-corrected chi connectivity index (χ2v) is 10.7. The van der Waals surface area contributed by atoms with Gasteiger partial charge in [-0.1, -0.05) is 116 Å². The zero-order valence-corrected chi connectivity index (χ0v) is 23.2. The van der Waals surface area contributed by atoms with E-state index in [1.807, 2.05) is 6.92 Å². The monoisotopic (exact) mass is 456 g/mol. The molecule has 0 aromatic rings. The summed E-state index contributed by atoms with van der Waals surface area (Å²) in [6.07, 6.45) is 23.9. The molecule has 0 spiro atoms. The zero-order valence-electron chi connectivity index (χ0n) is 20.4. The van der Waals surface area contributed by atoms with Crippen LogP contribution in [0.5, 0.6) is 0 Å². The van der Waals surface area contributed by atoms with Crippen LogP contribution in [0.1, 0.15) is 142 Å². The standard InChI is InChI=1S/C24H50O4S.Na/c1-3-24(25)22-20-18-16-14-12-10-8-6-4-5-7-9-11-13-15-17-19-21-23(2)29(26,27)28;/h23-25H,3-22H2,1-2H3,(H,26,27,28);/q;+1/p-1. The van der Waals surface area contributed by atoms with Gasteiger partial charge in [0.2, 0.25) is 0 Å². The van der Waals surface area contributed by atoms with E-state index in [1.165, 1.54) is 96.8 Å². The van der Waals surface area contributed by atoms with E-state index in [0.717, 1.165) is 32.1 Å². The maximum Gasteiger partial charge on any atom is 1.00 e. The fourth-order valence-corrected chi connectivity index (χ4v) is 4.27. The van der Waals surface area contributed by atoms with Crippen molar-refractivity contribution in [1.29, 1.82) is 0 Å². The summed E-state index contributed by atoms with van der Waals surface area (Å²) in [4.78, 5) is 0. The molecule has 0 saturated carbocycles. The van der Waals surface area contributed by atoms with Crippen LogP contribution in [0.3, 0.4) is 0 Å². The molecule has 0 fully saturated rings. The summed E-state index contributed by atoms with van der Waals surface area (Å²) in [5.41, 5.74) is 0. The third-order valence-corrected chi connectivity index (χ3v) is 7.33. The summed E-state index contributed by atoms with van der Waals surface area (Å²) in [6.45, 7) is 3.57. The van der Waals surface area contributed by atoms with Gasteiger partial charge in [0, 0.05) is 5.25 Å². The minimum atomic E-state index is -4.09. The van der Waals surface area contributed by atoms with Gasteiger partial charge in [-0.15, -0.1) is 0 Å². The van der Waals surface area contributed by atoms with Crippen LogP contribution in [0.4, 0.5) is 0 Å². The quantitative estimate of drug-likeness (QED) is 0.151. The molecule has 176 valence electrons. The van der Waals surface area contributed by atoms with Crippen LogP contribution >= 0.6 is 0 Å². The van der Waals surface area contributed by atoms with Crippen LogP contribution in [0.25, 0.3) is 0 Å². The molecule has 4 nitrogen and oxygen atoms in total. The van der Waals surface area contributed by atoms with Gasteiger partial charge in [-0.2, -0.15) is 0 Å². The first-order valence-electron chi connectivity index (χ1n) is 12.5. The average molecular weight is 457 g/mol. The number of aliphatic hydroxyl groups is 1. The number of aliphatic hydroxyl groups excluding tert-OH is 1. The van der Waals surface area contributed by atoms with Gasteiger partial charge in [0.15, 0.2) is 0 Å². The van der Waals surface area contributed by atoms with E-state index in [2.05, 4.69) is 0 Å². The molecule has 2 unspecified atom stereocenters. The normalized spacial score (nSPS) is 13.7. The van der Waals surface area contributed by atoms with E-state index in [1.54, 1.807) is 0 Å². The van der Waals surface area contributed by atoms with Gasteiger partial charge >= 0.3 is 29.6 Å². The van der Waals surface area contributed by atoms with E-state index in [-0.39, 0.29) is 35.7 Å². The van der Waals surface area contributed by atoms with Gasteiger partial charge in [0.1, 0.15) is 0 Å². The van der Waals surface area contributed by atoms with Crippen LogP contribution in [0.2, 0.25) is 0 Å². The molecule has 0 saturated heterocycles. The molecular weight excluding hydrogens is 407 g/mol. The molecule has 30 heavy (non-hydrogen) atoms. The Kier molecular flexibility index (Phi) is 25.4. The van der Waals surface area contributed by atoms with E-state index in [9.17, 15) is 18.1 Å². The van der Waals surface area contributed by atoms with Crippen molar-refractivity contribution in [2.45, 2.75) is 154 Å². The van der Waals surface area contributed by atoms with Crippen molar-refractivity contribution in [2.24, 2.45) is 0 Å². The topological polar surface area (TPSA) is 77.4 Å². The summed E-state index contributed by atoms with van der Waals surface area (Å²) >= 11 is 0. The maximum absolute atomic E-state index is 10.8. The summed E-state index contributed by atoms with van der Waals surface area (Å²) in [6, 6.07) is 0. The van der Waals surface area contributed by atoms with Crippen molar-refractivity contribution in [3.05, 3.63) is 0 Å². The summed E-state index contributed by atoms with van der Waals surface area (Å²) < 4.78 is 32.4. The molecule has 0 aromatic carbocycles. The van der Waals surface area contributed by atoms with Crippen molar-refractivity contribution in [1.82, 2.24) is 0 Å². The Morgan fingerprint density at radius 3 is 1.17 bits per heavy atom. The third kappa shape index (κ3) is 23.5.